The second kappa shape index (κ2) is 7.29. The number of hydrogen-bond acceptors (Lipinski definition) is 3. The summed E-state index contributed by atoms with van der Waals surface area (Å²) in [7, 11) is 1.58. The normalized spacial score (nSPS) is 22.7. The summed E-state index contributed by atoms with van der Waals surface area (Å²) in [6.45, 7) is 2.78. The molecule has 126 valence electrons. The Morgan fingerprint density at radius 2 is 1.78 bits per heavy atom. The molecule has 0 radical (unpaired) electrons. The van der Waals surface area contributed by atoms with Crippen LogP contribution in [0.5, 0.6) is 5.75 Å². The van der Waals surface area contributed by atoms with Gasteiger partial charge in [-0.05, 0) is 43.4 Å². The topological polar surface area (TPSA) is 32.8 Å². The summed E-state index contributed by atoms with van der Waals surface area (Å²) in [5.41, 5.74) is 0.841. The van der Waals surface area contributed by atoms with E-state index in [4.69, 9.17) is 27.9 Å². The van der Waals surface area contributed by atoms with Gasteiger partial charge in [0.25, 0.3) is 0 Å². The molecule has 0 saturated carbocycles. The highest BCUT2D eigenvalue weighted by Gasteiger charge is 2.36. The molecule has 1 amide bonds. The molecule has 0 unspecified atom stereocenters. The monoisotopic (exact) mass is 356 g/mol. The van der Waals surface area contributed by atoms with E-state index < -0.39 is 0 Å². The first-order valence-corrected chi connectivity index (χ1v) is 8.94. The number of methoxy groups -OCH3 is 1. The van der Waals surface area contributed by atoms with Crippen molar-refractivity contribution in [3.63, 3.8) is 0 Å². The molecule has 0 aromatic heterocycles. The lowest BCUT2D eigenvalue weighted by Gasteiger charge is -2.34. The SMILES string of the molecule is COc1cc(Cl)c(C[C@@H]2CCN(N3CCCCC3)C2=O)c(Cl)c1. The average Bonchev–Trinajstić information content (AvgIpc) is 2.92. The molecule has 1 aromatic carbocycles. The van der Waals surface area contributed by atoms with Crippen LogP contribution in [-0.4, -0.2) is 42.7 Å². The molecule has 4 nitrogen and oxygen atoms in total. The third kappa shape index (κ3) is 3.59. The third-order valence-electron chi connectivity index (χ3n) is 4.77. The van der Waals surface area contributed by atoms with Crippen LogP contribution in [0.2, 0.25) is 10.0 Å². The van der Waals surface area contributed by atoms with Gasteiger partial charge in [0, 0.05) is 35.6 Å². The zero-order valence-corrected chi connectivity index (χ0v) is 14.9. The van der Waals surface area contributed by atoms with E-state index in [-0.39, 0.29) is 11.8 Å². The van der Waals surface area contributed by atoms with Crippen LogP contribution in [0.15, 0.2) is 12.1 Å². The van der Waals surface area contributed by atoms with Crippen LogP contribution in [0.3, 0.4) is 0 Å². The lowest BCUT2D eigenvalue weighted by molar-refractivity contribution is -0.147. The fourth-order valence-corrected chi connectivity index (χ4v) is 4.07. The highest BCUT2D eigenvalue weighted by molar-refractivity contribution is 6.36. The Morgan fingerprint density at radius 3 is 2.39 bits per heavy atom. The van der Waals surface area contributed by atoms with Gasteiger partial charge in [-0.1, -0.05) is 29.6 Å². The molecule has 0 N–H and O–H groups in total. The van der Waals surface area contributed by atoms with E-state index in [1.807, 2.05) is 5.01 Å². The lowest BCUT2D eigenvalue weighted by atomic mass is 9.98. The highest BCUT2D eigenvalue weighted by Crippen LogP contribution is 2.34. The Morgan fingerprint density at radius 1 is 1.13 bits per heavy atom. The number of rotatable bonds is 4. The van der Waals surface area contributed by atoms with E-state index >= 15 is 0 Å². The van der Waals surface area contributed by atoms with Crippen molar-refractivity contribution >= 4 is 29.1 Å². The summed E-state index contributed by atoms with van der Waals surface area (Å²) >= 11 is 12.6. The summed E-state index contributed by atoms with van der Waals surface area (Å²) in [5, 5.41) is 5.29. The van der Waals surface area contributed by atoms with Crippen LogP contribution >= 0.6 is 23.2 Å². The molecular formula is C17H22Cl2N2O2. The van der Waals surface area contributed by atoms with Crippen LogP contribution in [0.25, 0.3) is 0 Å². The standard InChI is InChI=1S/C17H22Cl2N2O2/c1-23-13-10-15(18)14(16(19)11-13)9-12-5-8-21(17(12)22)20-6-3-2-4-7-20/h10-12H,2-9H2,1H3/t12-/m0/s1. The summed E-state index contributed by atoms with van der Waals surface area (Å²) in [6, 6.07) is 3.51. The van der Waals surface area contributed by atoms with Gasteiger partial charge >= 0.3 is 0 Å². The van der Waals surface area contributed by atoms with Gasteiger partial charge < -0.3 is 4.74 Å². The van der Waals surface area contributed by atoms with Crippen molar-refractivity contribution in [2.75, 3.05) is 26.7 Å². The summed E-state index contributed by atoms with van der Waals surface area (Å²) in [5.74, 6) is 0.798. The molecule has 2 heterocycles. The van der Waals surface area contributed by atoms with Crippen molar-refractivity contribution in [3.8, 4) is 5.75 Å². The molecule has 2 aliphatic rings. The van der Waals surface area contributed by atoms with Crippen molar-refractivity contribution in [3.05, 3.63) is 27.7 Å². The van der Waals surface area contributed by atoms with Gasteiger partial charge in [0.15, 0.2) is 0 Å². The number of carbonyl (C=O) groups excluding carboxylic acids is 1. The summed E-state index contributed by atoms with van der Waals surface area (Å²) < 4.78 is 5.17. The van der Waals surface area contributed by atoms with Crippen LogP contribution < -0.4 is 4.74 Å². The maximum absolute atomic E-state index is 12.7. The van der Waals surface area contributed by atoms with E-state index in [2.05, 4.69) is 5.01 Å². The zero-order valence-electron chi connectivity index (χ0n) is 13.4. The van der Waals surface area contributed by atoms with E-state index in [0.717, 1.165) is 31.6 Å². The number of hydrogen-bond donors (Lipinski definition) is 0. The number of carbonyl (C=O) groups is 1. The molecule has 23 heavy (non-hydrogen) atoms. The second-order valence-electron chi connectivity index (χ2n) is 6.24. The number of benzene rings is 1. The summed E-state index contributed by atoms with van der Waals surface area (Å²) in [6.07, 6.45) is 5.05. The average molecular weight is 357 g/mol. The van der Waals surface area contributed by atoms with E-state index in [1.165, 1.54) is 19.3 Å². The molecule has 1 aromatic rings. The summed E-state index contributed by atoms with van der Waals surface area (Å²) in [4.78, 5) is 12.7. The predicted octanol–water partition coefficient (Wildman–Crippen LogP) is 3.79. The van der Waals surface area contributed by atoms with E-state index in [1.54, 1.807) is 19.2 Å². The van der Waals surface area contributed by atoms with Gasteiger partial charge in [0.2, 0.25) is 5.91 Å². The minimum absolute atomic E-state index is 0.0414. The van der Waals surface area contributed by atoms with Crippen molar-refractivity contribution in [1.82, 2.24) is 10.0 Å². The fraction of sp³-hybridized carbons (Fsp3) is 0.588. The minimum atomic E-state index is -0.0414. The Hall–Kier alpha value is -0.970. The van der Waals surface area contributed by atoms with Crippen LogP contribution in [0.4, 0.5) is 0 Å². The Bertz CT molecular complexity index is 565. The molecule has 0 bridgehead atoms. The van der Waals surface area contributed by atoms with Gasteiger partial charge in [-0.2, -0.15) is 0 Å². The van der Waals surface area contributed by atoms with Gasteiger partial charge in [-0.3, -0.25) is 9.80 Å². The number of ether oxygens (including phenoxy) is 1. The van der Waals surface area contributed by atoms with Crippen molar-refractivity contribution < 1.29 is 9.53 Å². The van der Waals surface area contributed by atoms with E-state index in [0.29, 0.717) is 22.2 Å². The Labute approximate surface area is 147 Å². The maximum atomic E-state index is 12.7. The first-order chi connectivity index (χ1) is 11.1. The molecule has 2 aliphatic heterocycles. The molecule has 2 saturated heterocycles. The second-order valence-corrected chi connectivity index (χ2v) is 7.05. The lowest BCUT2D eigenvalue weighted by Crippen LogP contribution is -2.47. The maximum Gasteiger partial charge on any atom is 0.240 e. The molecule has 0 aliphatic carbocycles. The van der Waals surface area contributed by atoms with Crippen molar-refractivity contribution in [1.29, 1.82) is 0 Å². The Balaban J connectivity index is 1.70. The van der Waals surface area contributed by atoms with E-state index in [9.17, 15) is 4.79 Å². The number of halogens is 2. The molecule has 0 spiro atoms. The number of nitrogens with zero attached hydrogens (tertiary/aromatic N) is 2. The third-order valence-corrected chi connectivity index (χ3v) is 5.44. The Kier molecular flexibility index (Phi) is 5.34. The first-order valence-electron chi connectivity index (χ1n) is 8.18. The molecule has 1 atom stereocenters. The molecule has 6 heteroatoms. The smallest absolute Gasteiger partial charge is 0.240 e. The zero-order chi connectivity index (χ0) is 16.4. The first kappa shape index (κ1) is 16.9. The van der Waals surface area contributed by atoms with Gasteiger partial charge in [0.05, 0.1) is 7.11 Å². The van der Waals surface area contributed by atoms with Crippen LogP contribution in [0, 0.1) is 5.92 Å². The molecule has 2 fully saturated rings. The van der Waals surface area contributed by atoms with Gasteiger partial charge in [0.1, 0.15) is 5.75 Å². The van der Waals surface area contributed by atoms with Crippen LogP contribution in [-0.2, 0) is 11.2 Å². The highest BCUT2D eigenvalue weighted by atomic mass is 35.5. The number of hydrazine groups is 1. The van der Waals surface area contributed by atoms with Crippen molar-refractivity contribution in [2.45, 2.75) is 32.1 Å². The van der Waals surface area contributed by atoms with Crippen molar-refractivity contribution in [2.24, 2.45) is 5.92 Å². The predicted molar refractivity (Wildman–Crippen MR) is 92.0 cm³/mol. The largest absolute Gasteiger partial charge is 0.497 e. The van der Waals surface area contributed by atoms with Gasteiger partial charge in [-0.25, -0.2) is 5.01 Å². The number of piperidine rings is 1. The molecule has 3 rings (SSSR count). The molecular weight excluding hydrogens is 335 g/mol. The van der Waals surface area contributed by atoms with Crippen LogP contribution in [0.1, 0.15) is 31.2 Å². The minimum Gasteiger partial charge on any atom is -0.497 e. The fourth-order valence-electron chi connectivity index (χ4n) is 3.45. The van der Waals surface area contributed by atoms with Gasteiger partial charge in [-0.15, -0.1) is 0 Å². The number of amides is 1. The quantitative estimate of drug-likeness (QED) is 0.822.